The summed E-state index contributed by atoms with van der Waals surface area (Å²) in [7, 11) is -4.83. The first-order valence-electron chi connectivity index (χ1n) is 20.2. The van der Waals surface area contributed by atoms with Gasteiger partial charge in [-0.05, 0) is 42.4 Å². The van der Waals surface area contributed by atoms with Gasteiger partial charge in [-0.15, -0.1) is 0 Å². The van der Waals surface area contributed by atoms with Crippen molar-refractivity contribution in [1.82, 2.24) is 0 Å². The second-order valence-electron chi connectivity index (χ2n) is 16.0. The summed E-state index contributed by atoms with van der Waals surface area (Å²) in [5, 5.41) is 38.9. The Hall–Kier alpha value is -0.0900. The fourth-order valence-electron chi connectivity index (χ4n) is 7.17. The summed E-state index contributed by atoms with van der Waals surface area (Å²) in [5.41, 5.74) is 0. The zero-order valence-corrected chi connectivity index (χ0v) is 33.2. The van der Waals surface area contributed by atoms with Crippen molar-refractivity contribution in [2.75, 3.05) is 13.2 Å². The number of ether oxygens (including phenoxy) is 1. The topological polar surface area (TPSA) is 149 Å². The predicted octanol–water partition coefficient (Wildman–Crippen LogP) is 8.68. The van der Waals surface area contributed by atoms with Crippen molar-refractivity contribution in [3.63, 3.8) is 0 Å². The van der Waals surface area contributed by atoms with Crippen molar-refractivity contribution >= 4 is 7.82 Å². The molecule has 9 nitrogen and oxygen atoms in total. The highest BCUT2D eigenvalue weighted by molar-refractivity contribution is 7.45. The van der Waals surface area contributed by atoms with Crippen LogP contribution in [0.2, 0.25) is 0 Å². The molecule has 49 heavy (non-hydrogen) atoms. The molecule has 1 aliphatic heterocycles. The molecule has 1 unspecified atom stereocenters. The maximum atomic E-state index is 12.2. The van der Waals surface area contributed by atoms with Crippen LogP contribution in [-0.4, -0.2) is 64.3 Å². The van der Waals surface area contributed by atoms with Crippen molar-refractivity contribution < 1.29 is 43.7 Å². The van der Waals surface area contributed by atoms with Crippen LogP contribution in [0.3, 0.4) is 0 Å². The molecule has 1 saturated heterocycles. The molecule has 0 bridgehead atoms. The second kappa shape index (κ2) is 27.5. The van der Waals surface area contributed by atoms with E-state index in [1.807, 2.05) is 0 Å². The van der Waals surface area contributed by atoms with E-state index in [2.05, 4.69) is 41.5 Å². The van der Waals surface area contributed by atoms with Crippen LogP contribution < -0.4 is 4.89 Å². The minimum Gasteiger partial charge on any atom is -0.756 e. The monoisotopic (exact) mass is 722 g/mol. The molecule has 0 aliphatic carbocycles. The number of hydrogen-bond acceptors (Lipinski definition) is 9. The lowest BCUT2D eigenvalue weighted by atomic mass is 9.89. The Labute approximate surface area is 300 Å². The molecule has 1 rings (SSSR count). The summed E-state index contributed by atoms with van der Waals surface area (Å²) < 4.78 is 27.0. The summed E-state index contributed by atoms with van der Waals surface area (Å²) in [6.45, 7) is 13.4. The van der Waals surface area contributed by atoms with Crippen LogP contribution in [0.1, 0.15) is 176 Å². The van der Waals surface area contributed by atoms with Gasteiger partial charge in [0, 0.05) is 0 Å². The number of rotatable bonds is 31. The Bertz CT molecular complexity index is 830. The highest BCUT2D eigenvalue weighted by atomic mass is 31.2. The SMILES string of the molecule is CCCCCCCC[C@H](C)CCC[C@H](C)CCC[C@H](C)CCC[C@H](C)CCC[C@H](C)CCCOP(=O)([O-])O[C@H]1O[C@H](CO)[C@@H](O)[C@H](O)[C@@H]1O. The van der Waals surface area contributed by atoms with Crippen LogP contribution in [0.4, 0.5) is 0 Å². The predicted molar refractivity (Wildman–Crippen MR) is 197 cm³/mol. The van der Waals surface area contributed by atoms with E-state index in [0.717, 1.165) is 42.9 Å². The molecule has 11 atom stereocenters. The lowest BCUT2D eigenvalue weighted by Gasteiger charge is -2.41. The quantitative estimate of drug-likeness (QED) is 0.0408. The standard InChI is InChI=1S/C39H79O9P/c1-7-8-9-10-11-12-18-30(2)19-13-20-31(3)21-14-22-32(4)23-15-24-33(5)25-16-26-34(6)27-17-28-46-49(44,45)48-39-38(43)37(42)36(41)35(29-40)47-39/h30-43H,7-29H2,1-6H3,(H,44,45)/p-1/t30-,31-,32-,33-,34-,35+,36+,37-,38-,39+/m0/s1. The Morgan fingerprint density at radius 1 is 0.592 bits per heavy atom. The number of phosphoric ester groups is 1. The van der Waals surface area contributed by atoms with Crippen LogP contribution in [0.25, 0.3) is 0 Å². The van der Waals surface area contributed by atoms with Gasteiger partial charge in [-0.3, -0.25) is 9.09 Å². The zero-order valence-electron chi connectivity index (χ0n) is 32.3. The summed E-state index contributed by atoms with van der Waals surface area (Å²) >= 11 is 0. The van der Waals surface area contributed by atoms with Crippen LogP contribution in [-0.2, 0) is 18.3 Å². The third-order valence-corrected chi connectivity index (χ3v) is 11.8. The molecule has 0 aromatic carbocycles. The van der Waals surface area contributed by atoms with Crippen molar-refractivity contribution in [2.24, 2.45) is 29.6 Å². The van der Waals surface area contributed by atoms with Crippen molar-refractivity contribution in [2.45, 2.75) is 207 Å². The zero-order chi connectivity index (χ0) is 36.7. The summed E-state index contributed by atoms with van der Waals surface area (Å²) in [4.78, 5) is 12.2. The number of phosphoric acid groups is 1. The van der Waals surface area contributed by atoms with Gasteiger partial charge in [0.2, 0.25) is 0 Å². The summed E-state index contributed by atoms with van der Waals surface area (Å²) in [6.07, 6.45) is 18.7. The van der Waals surface area contributed by atoms with E-state index in [4.69, 9.17) is 13.8 Å². The molecule has 1 fully saturated rings. The Kier molecular flexibility index (Phi) is 26.3. The van der Waals surface area contributed by atoms with Gasteiger partial charge in [-0.2, -0.15) is 0 Å². The largest absolute Gasteiger partial charge is 0.756 e. The number of aliphatic hydroxyl groups excluding tert-OH is 4. The molecular weight excluding hydrogens is 643 g/mol. The van der Waals surface area contributed by atoms with Crippen LogP contribution in [0, 0.1) is 29.6 Å². The van der Waals surface area contributed by atoms with E-state index in [1.54, 1.807) is 0 Å². The van der Waals surface area contributed by atoms with Gasteiger partial charge in [-0.25, -0.2) is 0 Å². The lowest BCUT2D eigenvalue weighted by Crippen LogP contribution is -2.59. The molecule has 1 heterocycles. The Morgan fingerprint density at radius 2 is 0.980 bits per heavy atom. The van der Waals surface area contributed by atoms with Gasteiger partial charge >= 0.3 is 0 Å². The molecular formula is C39H78O9P-. The fourth-order valence-corrected chi connectivity index (χ4v) is 8.02. The van der Waals surface area contributed by atoms with Gasteiger partial charge in [0.25, 0.3) is 7.82 Å². The van der Waals surface area contributed by atoms with Gasteiger partial charge in [-0.1, -0.05) is 164 Å². The van der Waals surface area contributed by atoms with E-state index in [1.165, 1.54) is 109 Å². The smallest absolute Gasteiger partial charge is 0.270 e. The van der Waals surface area contributed by atoms with E-state index in [-0.39, 0.29) is 6.61 Å². The van der Waals surface area contributed by atoms with Crippen molar-refractivity contribution in [3.05, 3.63) is 0 Å². The van der Waals surface area contributed by atoms with Crippen molar-refractivity contribution in [1.29, 1.82) is 0 Å². The summed E-state index contributed by atoms with van der Waals surface area (Å²) in [6, 6.07) is 0. The molecule has 0 aromatic heterocycles. The minimum absolute atomic E-state index is 0.0608. The molecule has 10 heteroatoms. The Balaban J connectivity index is 2.05. The van der Waals surface area contributed by atoms with Gasteiger partial charge in [0.05, 0.1) is 13.2 Å². The molecule has 1 aliphatic rings. The fraction of sp³-hybridized carbons (Fsp3) is 1.00. The minimum atomic E-state index is -4.83. The average Bonchev–Trinajstić information content (AvgIpc) is 3.05. The summed E-state index contributed by atoms with van der Waals surface area (Å²) in [5.74, 6) is 3.73. The number of hydrogen-bond donors (Lipinski definition) is 4. The number of unbranched alkanes of at least 4 members (excludes halogenated alkanes) is 5. The van der Waals surface area contributed by atoms with E-state index >= 15 is 0 Å². The maximum absolute atomic E-state index is 12.2. The third kappa shape index (κ3) is 22.6. The molecule has 294 valence electrons. The maximum Gasteiger partial charge on any atom is 0.270 e. The molecule has 0 spiro atoms. The number of aliphatic hydroxyl groups is 4. The van der Waals surface area contributed by atoms with E-state index in [9.17, 15) is 29.9 Å². The van der Waals surface area contributed by atoms with Gasteiger partial charge in [0.1, 0.15) is 24.4 Å². The van der Waals surface area contributed by atoms with E-state index < -0.39 is 45.1 Å². The van der Waals surface area contributed by atoms with Gasteiger partial charge in [0.15, 0.2) is 6.29 Å². The van der Waals surface area contributed by atoms with E-state index in [0.29, 0.717) is 12.3 Å². The van der Waals surface area contributed by atoms with Crippen molar-refractivity contribution in [3.8, 4) is 0 Å². The average molecular weight is 722 g/mol. The lowest BCUT2D eigenvalue weighted by molar-refractivity contribution is -0.304. The van der Waals surface area contributed by atoms with Crippen LogP contribution >= 0.6 is 7.82 Å². The van der Waals surface area contributed by atoms with Crippen LogP contribution in [0.5, 0.6) is 0 Å². The molecule has 0 amide bonds. The first-order chi connectivity index (χ1) is 23.3. The first-order valence-corrected chi connectivity index (χ1v) is 21.7. The Morgan fingerprint density at radius 3 is 1.41 bits per heavy atom. The highest BCUT2D eigenvalue weighted by Crippen LogP contribution is 2.42. The first kappa shape index (κ1) is 46.9. The normalized spacial score (nSPS) is 25.8. The van der Waals surface area contributed by atoms with Crippen LogP contribution in [0.15, 0.2) is 0 Å². The molecule has 0 aromatic rings. The van der Waals surface area contributed by atoms with Gasteiger partial charge < -0.3 is 34.6 Å². The second-order valence-corrected chi connectivity index (χ2v) is 17.4. The third-order valence-electron chi connectivity index (χ3n) is 10.8. The molecule has 4 N–H and O–H groups in total. The molecule has 0 radical (unpaired) electrons. The highest BCUT2D eigenvalue weighted by Gasteiger charge is 2.45. The molecule has 0 saturated carbocycles.